The van der Waals surface area contributed by atoms with Crippen molar-refractivity contribution in [3.63, 3.8) is 0 Å². The number of para-hydroxylation sites is 1. The molecule has 0 aliphatic carbocycles. The molecule has 2 aliphatic heterocycles. The minimum Gasteiger partial charge on any atom is -0.394 e. The number of carbonyl (C=O) groups is 15. The first-order chi connectivity index (χ1) is 63.9. The van der Waals surface area contributed by atoms with Gasteiger partial charge < -0.3 is 117 Å². The van der Waals surface area contributed by atoms with Crippen molar-refractivity contribution in [1.82, 2.24) is 88.4 Å². The number of ketones is 1. The van der Waals surface area contributed by atoms with Crippen LogP contribution >= 0.6 is 0 Å². The van der Waals surface area contributed by atoms with Crippen molar-refractivity contribution in [3.05, 3.63) is 161 Å². The molecule has 2 aliphatic rings. The molecule has 15 atom stereocenters. The Hall–Kier alpha value is -13.2. The number of sulfonamides is 1. The van der Waals surface area contributed by atoms with Crippen LogP contribution in [0.4, 0.5) is 0 Å². The zero-order valence-electron chi connectivity index (χ0n) is 75.2. The number of carbonyl (C=O) groups excluding carboxylic acids is 15. The van der Waals surface area contributed by atoms with E-state index in [9.17, 15) is 106 Å². The predicted octanol–water partition coefficient (Wildman–Crippen LogP) is -4.37. The van der Waals surface area contributed by atoms with Crippen LogP contribution in [0.3, 0.4) is 0 Å². The molecule has 0 saturated carbocycles. The van der Waals surface area contributed by atoms with E-state index in [-0.39, 0.29) is 121 Å². The number of rotatable bonds is 42. The summed E-state index contributed by atoms with van der Waals surface area (Å²) in [5, 5.41) is 85.4. The number of fused-ring (bicyclic) bond motifs is 2. The fourth-order valence-corrected chi connectivity index (χ4v) is 15.9. The predicted molar refractivity (Wildman–Crippen MR) is 489 cm³/mol. The molecule has 14 amide bonds. The second kappa shape index (κ2) is 54.7. The van der Waals surface area contributed by atoms with E-state index < -0.39 is 203 Å². The van der Waals surface area contributed by atoms with Gasteiger partial charge in [-0.05, 0) is 87.5 Å². The molecule has 2 unspecified atom stereocenters. The summed E-state index contributed by atoms with van der Waals surface area (Å²) in [7, 11) is -2.80. The summed E-state index contributed by atoms with van der Waals surface area (Å²) < 4.78 is 27.4. The molecule has 4 aromatic carbocycles. The summed E-state index contributed by atoms with van der Waals surface area (Å²) in [6.45, 7) is 2.78. The first-order valence-corrected chi connectivity index (χ1v) is 45.9. The number of primary amides is 2. The molecule has 730 valence electrons. The summed E-state index contributed by atoms with van der Waals surface area (Å²) in [6, 6.07) is 18.3. The van der Waals surface area contributed by atoms with Crippen molar-refractivity contribution in [2.24, 2.45) is 33.8 Å². The zero-order valence-corrected chi connectivity index (χ0v) is 76.0. The number of unbranched alkanes of at least 4 members (excludes halogenated alkanes) is 1. The van der Waals surface area contributed by atoms with Crippen LogP contribution in [0.2, 0.25) is 0 Å². The molecule has 134 heavy (non-hydrogen) atoms. The van der Waals surface area contributed by atoms with E-state index >= 15 is 0 Å². The molecule has 0 bridgehead atoms. The van der Waals surface area contributed by atoms with Gasteiger partial charge in [0.15, 0.2) is 11.7 Å². The number of nitrogens with zero attached hydrogens (tertiary/aromatic N) is 3. The summed E-state index contributed by atoms with van der Waals surface area (Å²) in [4.78, 5) is 213. The van der Waals surface area contributed by atoms with Crippen molar-refractivity contribution < 1.29 is 106 Å². The van der Waals surface area contributed by atoms with Gasteiger partial charge in [0.05, 0.1) is 55.9 Å². The largest absolute Gasteiger partial charge is 0.394 e. The number of imidazole rings is 1. The van der Waals surface area contributed by atoms with E-state index in [0.29, 0.717) is 59.2 Å². The van der Waals surface area contributed by atoms with Gasteiger partial charge in [-0.25, -0.2) is 13.4 Å². The fraction of sp³-hybridized carbons (Fsp3) is 0.494. The first-order valence-electron chi connectivity index (χ1n) is 44.3. The van der Waals surface area contributed by atoms with Crippen LogP contribution in [-0.4, -0.2) is 279 Å². The Bertz CT molecular complexity index is 5070. The topological polar surface area (TPSA) is 712 Å². The molecule has 28 N–H and O–H groups in total. The lowest BCUT2D eigenvalue weighted by atomic mass is 9.97. The van der Waals surface area contributed by atoms with E-state index in [1.165, 1.54) is 43.5 Å². The monoisotopic (exact) mass is 1890 g/mol. The van der Waals surface area contributed by atoms with Gasteiger partial charge >= 0.3 is 0 Å². The van der Waals surface area contributed by atoms with Crippen LogP contribution in [0, 0.1) is 5.92 Å². The third-order valence-corrected chi connectivity index (χ3v) is 23.8. The number of benzene rings is 4. The Kier molecular flexibility index (Phi) is 44.0. The van der Waals surface area contributed by atoms with E-state index in [4.69, 9.17) is 22.9 Å². The molecule has 4 heterocycles. The van der Waals surface area contributed by atoms with Crippen molar-refractivity contribution in [1.29, 1.82) is 0 Å². The highest BCUT2D eigenvalue weighted by Crippen LogP contribution is 2.26. The highest BCUT2D eigenvalue weighted by Gasteiger charge is 2.43. The SMILES string of the molecule is CC1CCC(=O)NCCCC[C@@H](C(N)=O)NC(=O)[C@H](Cc2c[nH]c3ccccc23)NC(=O)[C@H](CCCN=C(N)N)NC(=O)[C@@H](Cc2ccccc2)NC(=O)[C@@H]2C[C@@H](O)CN2C1=O.CCCC[C@H](NC(=O)[C@H](CO)N[C@@H](O)[C@H](Cc1cnc[nH]1)N[C@@H](O)[C@H](CCC(N)=O)NC(=O)[C@H](CO)NC(=O)CNC(=O)CCCS(=O)(=O)NC(=O)C(C)c1ccc(C(=O)c2ccccc2)cc1)C(=O)NC. The molecule has 45 heteroatoms. The molecule has 2 fully saturated rings. The van der Waals surface area contributed by atoms with Crippen LogP contribution in [0.25, 0.3) is 10.9 Å². The third kappa shape index (κ3) is 35.4. The third-order valence-electron chi connectivity index (χ3n) is 22.4. The first kappa shape index (κ1) is 108. The zero-order chi connectivity index (χ0) is 98.1. The maximum Gasteiger partial charge on any atom is 0.245 e. The molecule has 8 rings (SSSR count). The normalized spacial score (nSPS) is 19.6. The second-order valence-corrected chi connectivity index (χ2v) is 34.7. The number of hydrogen-bond acceptors (Lipinski definition) is 26. The fourth-order valence-electron chi connectivity index (χ4n) is 14.8. The Morgan fingerprint density at radius 3 is 1.94 bits per heavy atom. The van der Waals surface area contributed by atoms with Gasteiger partial charge in [0.1, 0.15) is 60.8 Å². The van der Waals surface area contributed by atoms with Gasteiger partial charge in [-0.2, -0.15) is 0 Å². The summed E-state index contributed by atoms with van der Waals surface area (Å²) in [5.41, 5.74) is 26.1. The van der Waals surface area contributed by atoms with E-state index in [1.54, 1.807) is 85.9 Å². The Labute approximate surface area is 774 Å². The summed E-state index contributed by atoms with van der Waals surface area (Å²) >= 11 is 0. The quantitative estimate of drug-likeness (QED) is 0.00566. The number of guanidine groups is 1. The number of likely N-dealkylation sites (N-methyl/N-ethyl adjacent to an activating group) is 1. The maximum absolute atomic E-state index is 14.4. The Morgan fingerprint density at radius 2 is 1.28 bits per heavy atom. The highest BCUT2D eigenvalue weighted by molar-refractivity contribution is 7.90. The number of aliphatic hydroxyl groups is 5. The lowest BCUT2D eigenvalue weighted by Crippen LogP contribution is -2.63. The molecular formula is C89H126N22O22S. The molecule has 44 nitrogen and oxygen atoms in total. The minimum atomic E-state index is -4.20. The maximum atomic E-state index is 14.4. The number of amides is 14. The number of H-pyrrole nitrogens is 2. The number of hydrogen-bond donors (Lipinski definition) is 24. The number of nitrogens with two attached hydrogens (primary N) is 4. The van der Waals surface area contributed by atoms with E-state index in [0.717, 1.165) is 17.3 Å². The second-order valence-electron chi connectivity index (χ2n) is 32.8. The number of aromatic amines is 2. The van der Waals surface area contributed by atoms with Gasteiger partial charge in [-0.3, -0.25) is 92.3 Å². The van der Waals surface area contributed by atoms with Crippen LogP contribution < -0.4 is 91.5 Å². The average molecular weight is 1890 g/mol. The van der Waals surface area contributed by atoms with E-state index in [1.807, 2.05) is 35.9 Å². The smallest absolute Gasteiger partial charge is 0.245 e. The van der Waals surface area contributed by atoms with Gasteiger partial charge in [0.2, 0.25) is 92.7 Å². The van der Waals surface area contributed by atoms with Crippen LogP contribution in [0.1, 0.15) is 161 Å². The number of aliphatic hydroxyl groups excluding tert-OH is 5. The molecule has 2 saturated heterocycles. The van der Waals surface area contributed by atoms with Crippen molar-refractivity contribution in [2.75, 3.05) is 52.2 Å². The van der Waals surface area contributed by atoms with Crippen molar-refractivity contribution >= 4 is 115 Å². The molecule has 0 spiro atoms. The minimum absolute atomic E-state index is 0.00438. The lowest BCUT2D eigenvalue weighted by molar-refractivity contribution is -0.142. The van der Waals surface area contributed by atoms with Gasteiger partial charge in [-0.15, -0.1) is 0 Å². The molecule has 2 aromatic heterocycles. The number of aromatic nitrogens is 3. The summed E-state index contributed by atoms with van der Waals surface area (Å²) in [5.74, 6) is -12.7. The number of nitrogens with one attached hydrogen (secondary N) is 15. The Morgan fingerprint density at radius 1 is 0.649 bits per heavy atom. The molecular weight excluding hydrogens is 1760 g/mol. The van der Waals surface area contributed by atoms with Gasteiger partial charge in [-0.1, -0.05) is 130 Å². The highest BCUT2D eigenvalue weighted by atomic mass is 32.2. The van der Waals surface area contributed by atoms with Crippen LogP contribution in [-0.2, 0) is 96.4 Å². The van der Waals surface area contributed by atoms with Crippen molar-refractivity contribution in [3.8, 4) is 0 Å². The van der Waals surface area contributed by atoms with Crippen molar-refractivity contribution in [2.45, 2.75) is 221 Å². The van der Waals surface area contributed by atoms with Crippen LogP contribution in [0.15, 0.2) is 133 Å². The summed E-state index contributed by atoms with van der Waals surface area (Å²) in [6.07, 6.45) is 1.51. The Balaban J connectivity index is 0.000000369. The van der Waals surface area contributed by atoms with Crippen LogP contribution in [0.5, 0.6) is 0 Å². The average Bonchev–Trinajstić information content (AvgIpc) is 1.66. The lowest BCUT2D eigenvalue weighted by Gasteiger charge is -2.33. The van der Waals surface area contributed by atoms with Gasteiger partial charge in [0.25, 0.3) is 0 Å². The van der Waals surface area contributed by atoms with E-state index in [2.05, 4.69) is 83.7 Å². The standard InChI is InChI=1S/C46H67N11O14S.C43H59N11O8/c1-4-5-12-32(42(65)48-3)53-46(69)36(25-59)56-44(67)34(21-31-22-49-26-51-31)55-43(66)33(18-19-37(47)60)54-45(68)35(24-58)52-39(62)23-50-38(61)13-9-20-72(70,71)57-41(64)27(2)28-14-16-30(17-15-28)40(63)29-10-7-6-8-11-29;1-25-16-17-36(56)47-18-8-7-14-31(37(44)57)50-40(60)34(21-27-23-49-30-13-6-5-12-29(27)30)52-38(58)32(15-9-19-48-43(45)46)51-39(59)33(20-26-10-3-2-4-11-26)53-41(61)35-22-28(55)24-54(35)42(25)62/h6-8,10-11,14-17,22,26-27,32-36,43-44,55-56,58-59,66-67H,4-5,9,12-13,18-21,23-25H2,1-3H3,(H2,47,60)(H,48,65)(H,49,51)(H,50,61)(H,52,62)(H,53,69)(H,54,68)(H,57,64);2-6,10-13,23,25,28,31-35,49,55H,7-9,14-22,24H2,1H3,(H2,44,57)(H,47,56)(H,50,60)(H,51,59)(H,52,58)(H,53,61)(H4,45,46,48)/t27?,32-,33-,34-,35-,36-,43-,44-;25?,28-,31+,32+,33-,34+,35+/m01/s1. The van der Waals surface area contributed by atoms with Gasteiger partial charge in [0, 0.05) is 118 Å². The number of aliphatic imine (C=N–C) groups is 1. The molecule has 0 radical (unpaired) electrons. The molecule has 6 aromatic rings.